The van der Waals surface area contributed by atoms with E-state index in [4.69, 9.17) is 22.1 Å². The van der Waals surface area contributed by atoms with Gasteiger partial charge in [0.1, 0.15) is 0 Å². The van der Waals surface area contributed by atoms with Crippen LogP contribution in [0.2, 0.25) is 5.02 Å². The molecule has 2 rings (SSSR count). The number of urea groups is 1. The van der Waals surface area contributed by atoms with Crippen LogP contribution in [0.1, 0.15) is 29.4 Å². The van der Waals surface area contributed by atoms with Crippen LogP contribution in [-0.4, -0.2) is 34.3 Å². The van der Waals surface area contributed by atoms with Gasteiger partial charge in [-0.25, -0.2) is 4.79 Å². The summed E-state index contributed by atoms with van der Waals surface area (Å²) in [6.07, 6.45) is -0.192. The fraction of sp³-hybridized carbons (Fsp3) is 0.333. The van der Waals surface area contributed by atoms with Crippen LogP contribution in [0.3, 0.4) is 0 Å². The summed E-state index contributed by atoms with van der Waals surface area (Å²) in [4.78, 5) is 35.4. The Kier molecular flexibility index (Phi) is 7.00. The molecule has 0 unspecified atom stereocenters. The van der Waals surface area contributed by atoms with Gasteiger partial charge < -0.3 is 21.1 Å². The number of carbonyl (C=O) groups is 3. The molecule has 1 aromatic heterocycles. The molecular weight excluding hydrogens is 386 g/mol. The van der Waals surface area contributed by atoms with E-state index in [2.05, 4.69) is 15.7 Å². The van der Waals surface area contributed by atoms with Crippen molar-refractivity contribution in [2.24, 2.45) is 12.8 Å². The molecule has 0 bridgehead atoms. The first-order valence-corrected chi connectivity index (χ1v) is 8.82. The summed E-state index contributed by atoms with van der Waals surface area (Å²) in [5, 5.41) is 9.86. The molecule has 0 saturated carbocycles. The number of ether oxygens (including phenoxy) is 1. The number of esters is 1. The van der Waals surface area contributed by atoms with Gasteiger partial charge in [-0.1, -0.05) is 23.7 Å². The second-order valence-corrected chi connectivity index (χ2v) is 6.63. The number of nitrogens with zero attached hydrogens (tertiary/aromatic N) is 2. The smallest absolute Gasteiger partial charge is 0.312 e. The third-order valence-corrected chi connectivity index (χ3v) is 4.35. The van der Waals surface area contributed by atoms with Crippen molar-refractivity contribution in [3.63, 3.8) is 0 Å². The molecule has 0 fully saturated rings. The molecule has 150 valence electrons. The minimum absolute atomic E-state index is 0.192. The summed E-state index contributed by atoms with van der Waals surface area (Å²) in [5.74, 6) is -1.15. The number of hydrogen-bond donors (Lipinski definition) is 3. The third kappa shape index (κ3) is 5.71. The summed E-state index contributed by atoms with van der Waals surface area (Å²) in [5.41, 5.74) is 7.83. The number of halogens is 1. The largest absolute Gasteiger partial charge is 0.455 e. The normalized spacial score (nSPS) is 11.6. The number of aryl methyl sites for hydroxylation is 2. The van der Waals surface area contributed by atoms with Crippen LogP contribution in [0.15, 0.2) is 24.3 Å². The maximum atomic E-state index is 12.1. The van der Waals surface area contributed by atoms with E-state index in [0.29, 0.717) is 22.0 Å². The van der Waals surface area contributed by atoms with Gasteiger partial charge in [0.2, 0.25) is 0 Å². The first-order chi connectivity index (χ1) is 13.2. The molecule has 0 radical (unpaired) electrons. The molecular formula is C18H22ClN5O4. The Morgan fingerprint density at radius 2 is 1.89 bits per heavy atom. The maximum Gasteiger partial charge on any atom is 0.312 e. The molecule has 3 amide bonds. The molecule has 1 aromatic carbocycles. The SMILES string of the molecule is Cc1nn(C)c(C)c1NC(=O)COC(=O)C[C@H](NC(N)=O)c1ccc(Cl)cc1. The zero-order valence-corrected chi connectivity index (χ0v) is 16.5. The Hall–Kier alpha value is -3.07. The van der Waals surface area contributed by atoms with E-state index >= 15 is 0 Å². The zero-order chi connectivity index (χ0) is 20.8. The Morgan fingerprint density at radius 3 is 2.43 bits per heavy atom. The lowest BCUT2D eigenvalue weighted by molar-refractivity contribution is -0.147. The van der Waals surface area contributed by atoms with E-state index in [1.807, 2.05) is 6.92 Å². The first-order valence-electron chi connectivity index (χ1n) is 8.44. The van der Waals surface area contributed by atoms with Crippen LogP contribution in [-0.2, 0) is 21.4 Å². The van der Waals surface area contributed by atoms with Crippen molar-refractivity contribution in [2.75, 3.05) is 11.9 Å². The molecule has 9 nitrogen and oxygen atoms in total. The number of primary amides is 1. The van der Waals surface area contributed by atoms with Crippen LogP contribution in [0.25, 0.3) is 0 Å². The van der Waals surface area contributed by atoms with Gasteiger partial charge in [-0.05, 0) is 31.5 Å². The maximum absolute atomic E-state index is 12.1. The van der Waals surface area contributed by atoms with Crippen LogP contribution >= 0.6 is 11.6 Å². The molecule has 0 aliphatic carbocycles. The van der Waals surface area contributed by atoms with Crippen molar-refractivity contribution >= 4 is 35.2 Å². The zero-order valence-electron chi connectivity index (χ0n) is 15.8. The average Bonchev–Trinajstić information content (AvgIpc) is 2.86. The monoisotopic (exact) mass is 407 g/mol. The first kappa shape index (κ1) is 21.2. The summed E-state index contributed by atoms with van der Waals surface area (Å²) in [6, 6.07) is 5.10. The number of rotatable bonds is 7. The van der Waals surface area contributed by atoms with Gasteiger partial charge in [-0.15, -0.1) is 0 Å². The average molecular weight is 408 g/mol. The van der Waals surface area contributed by atoms with Gasteiger partial charge in [-0.2, -0.15) is 5.10 Å². The Balaban J connectivity index is 1.94. The van der Waals surface area contributed by atoms with Gasteiger partial charge in [-0.3, -0.25) is 14.3 Å². The summed E-state index contributed by atoms with van der Waals surface area (Å²) < 4.78 is 6.67. The fourth-order valence-corrected chi connectivity index (χ4v) is 2.75. The molecule has 1 heterocycles. The number of anilines is 1. The Morgan fingerprint density at radius 1 is 1.25 bits per heavy atom. The predicted octanol–water partition coefficient (Wildman–Crippen LogP) is 1.97. The number of nitrogens with two attached hydrogens (primary N) is 1. The highest BCUT2D eigenvalue weighted by Crippen LogP contribution is 2.20. The molecule has 28 heavy (non-hydrogen) atoms. The summed E-state index contributed by atoms with van der Waals surface area (Å²) in [6.45, 7) is 3.12. The van der Waals surface area contributed by atoms with Crippen molar-refractivity contribution in [3.8, 4) is 0 Å². The second-order valence-electron chi connectivity index (χ2n) is 6.20. The summed E-state index contributed by atoms with van der Waals surface area (Å²) in [7, 11) is 1.76. The van der Waals surface area contributed by atoms with Crippen LogP contribution in [0.5, 0.6) is 0 Å². The quantitative estimate of drug-likeness (QED) is 0.604. The molecule has 0 aliphatic rings. The van der Waals surface area contributed by atoms with Crippen molar-refractivity contribution in [2.45, 2.75) is 26.3 Å². The lowest BCUT2D eigenvalue weighted by Gasteiger charge is -2.17. The lowest BCUT2D eigenvalue weighted by atomic mass is 10.0. The number of hydrogen-bond acceptors (Lipinski definition) is 5. The van der Waals surface area contributed by atoms with Crippen molar-refractivity contribution in [1.29, 1.82) is 0 Å². The number of amides is 3. The standard InChI is InChI=1S/C18H22ClN5O4/c1-10-17(11(2)24(3)23-10)22-15(25)9-28-16(26)8-14(21-18(20)27)12-4-6-13(19)7-5-12/h4-7,14H,8-9H2,1-3H3,(H,22,25)(H3,20,21,27)/t14-/m0/s1. The van der Waals surface area contributed by atoms with E-state index in [-0.39, 0.29) is 6.42 Å². The topological polar surface area (TPSA) is 128 Å². The lowest BCUT2D eigenvalue weighted by Crippen LogP contribution is -2.35. The highest BCUT2D eigenvalue weighted by atomic mass is 35.5. The van der Waals surface area contributed by atoms with E-state index < -0.39 is 30.6 Å². The molecule has 10 heteroatoms. The van der Waals surface area contributed by atoms with E-state index in [1.54, 1.807) is 42.9 Å². The van der Waals surface area contributed by atoms with Crippen molar-refractivity contribution < 1.29 is 19.1 Å². The van der Waals surface area contributed by atoms with E-state index in [9.17, 15) is 14.4 Å². The van der Waals surface area contributed by atoms with Gasteiger partial charge in [0.25, 0.3) is 5.91 Å². The highest BCUT2D eigenvalue weighted by Gasteiger charge is 2.20. The molecule has 2 aromatic rings. The predicted molar refractivity (Wildman–Crippen MR) is 104 cm³/mol. The number of aromatic nitrogens is 2. The van der Waals surface area contributed by atoms with Gasteiger partial charge in [0.05, 0.1) is 29.5 Å². The fourth-order valence-electron chi connectivity index (χ4n) is 2.62. The summed E-state index contributed by atoms with van der Waals surface area (Å²) >= 11 is 5.85. The number of nitrogens with one attached hydrogen (secondary N) is 2. The van der Waals surface area contributed by atoms with Gasteiger partial charge in [0, 0.05) is 12.1 Å². The third-order valence-electron chi connectivity index (χ3n) is 4.10. The second kappa shape index (κ2) is 9.23. The van der Waals surface area contributed by atoms with Crippen molar-refractivity contribution in [3.05, 3.63) is 46.2 Å². The molecule has 1 atom stereocenters. The Bertz CT molecular complexity index is 879. The highest BCUT2D eigenvalue weighted by molar-refractivity contribution is 6.30. The molecule has 0 saturated heterocycles. The molecule has 0 spiro atoms. The van der Waals surface area contributed by atoms with Gasteiger partial charge >= 0.3 is 12.0 Å². The molecule has 4 N–H and O–H groups in total. The minimum atomic E-state index is -0.784. The number of benzene rings is 1. The van der Waals surface area contributed by atoms with Crippen LogP contribution in [0, 0.1) is 13.8 Å². The van der Waals surface area contributed by atoms with Gasteiger partial charge in [0.15, 0.2) is 6.61 Å². The van der Waals surface area contributed by atoms with Crippen molar-refractivity contribution in [1.82, 2.24) is 15.1 Å². The van der Waals surface area contributed by atoms with Crippen LogP contribution in [0.4, 0.5) is 10.5 Å². The van der Waals surface area contributed by atoms with E-state index in [1.165, 1.54) is 0 Å². The Labute approximate surface area is 167 Å². The number of carbonyl (C=O) groups excluding carboxylic acids is 3. The molecule has 0 aliphatic heterocycles. The van der Waals surface area contributed by atoms with E-state index in [0.717, 1.165) is 5.69 Å². The minimum Gasteiger partial charge on any atom is -0.455 e. The van der Waals surface area contributed by atoms with Crippen LogP contribution < -0.4 is 16.4 Å².